The molecule has 74 valence electrons. The lowest BCUT2D eigenvalue weighted by Gasteiger charge is -2.26. The lowest BCUT2D eigenvalue weighted by molar-refractivity contribution is -0.0421. The maximum Gasteiger partial charge on any atom is 0.0628 e. The average Bonchev–Trinajstić information content (AvgIpc) is 2.84. The normalized spacial score (nSPS) is 19.5. The minimum absolute atomic E-state index is 0.0228. The van der Waals surface area contributed by atoms with Gasteiger partial charge in [0.2, 0.25) is 0 Å². The number of rotatable bonds is 5. The summed E-state index contributed by atoms with van der Waals surface area (Å²) in [5, 5.41) is 8.62. The van der Waals surface area contributed by atoms with Gasteiger partial charge >= 0.3 is 0 Å². The molecule has 1 saturated carbocycles. The first-order chi connectivity index (χ1) is 6.04. The van der Waals surface area contributed by atoms with E-state index in [2.05, 4.69) is 26.8 Å². The number of ether oxygens (including phenoxy) is 1. The molecule has 13 heavy (non-hydrogen) atoms. The summed E-state index contributed by atoms with van der Waals surface area (Å²) >= 11 is 0. The van der Waals surface area contributed by atoms with Crippen LogP contribution in [0.4, 0.5) is 0 Å². The van der Waals surface area contributed by atoms with Crippen LogP contribution in [0, 0.1) is 16.7 Å². The van der Waals surface area contributed by atoms with E-state index < -0.39 is 0 Å². The zero-order valence-electron chi connectivity index (χ0n) is 8.89. The minimum atomic E-state index is -0.0228. The quantitative estimate of drug-likeness (QED) is 0.653. The minimum Gasteiger partial charge on any atom is -0.375 e. The summed E-state index contributed by atoms with van der Waals surface area (Å²) in [4.78, 5) is 0. The molecule has 0 unspecified atom stereocenters. The van der Waals surface area contributed by atoms with Crippen molar-refractivity contribution in [1.29, 1.82) is 5.26 Å². The van der Waals surface area contributed by atoms with Crippen LogP contribution in [0.25, 0.3) is 0 Å². The lowest BCUT2D eigenvalue weighted by Crippen LogP contribution is -2.27. The highest BCUT2D eigenvalue weighted by Crippen LogP contribution is 2.49. The second-order valence-electron chi connectivity index (χ2n) is 4.74. The van der Waals surface area contributed by atoms with Gasteiger partial charge in [-0.25, -0.2) is 0 Å². The highest BCUT2D eigenvalue weighted by molar-refractivity contribution is 4.99. The van der Waals surface area contributed by atoms with E-state index in [4.69, 9.17) is 10.00 Å². The molecule has 1 rings (SSSR count). The Hall–Kier alpha value is -0.550. The fourth-order valence-electron chi connectivity index (χ4n) is 1.17. The Bertz CT molecular complexity index is 211. The first kappa shape index (κ1) is 10.5. The van der Waals surface area contributed by atoms with Crippen molar-refractivity contribution in [3.8, 4) is 6.07 Å². The summed E-state index contributed by atoms with van der Waals surface area (Å²) in [5.41, 5.74) is 0.201. The van der Waals surface area contributed by atoms with E-state index in [1.54, 1.807) is 0 Å². The van der Waals surface area contributed by atoms with Gasteiger partial charge in [-0.2, -0.15) is 5.26 Å². The monoisotopic (exact) mass is 181 g/mol. The molecule has 1 fully saturated rings. The summed E-state index contributed by atoms with van der Waals surface area (Å²) < 4.78 is 5.81. The van der Waals surface area contributed by atoms with Gasteiger partial charge in [-0.05, 0) is 33.1 Å². The summed E-state index contributed by atoms with van der Waals surface area (Å²) in [6, 6.07) is 2.24. The molecule has 0 aromatic carbocycles. The second kappa shape index (κ2) is 3.67. The van der Waals surface area contributed by atoms with Gasteiger partial charge in [-0.1, -0.05) is 6.92 Å². The molecule has 0 amide bonds. The van der Waals surface area contributed by atoms with Crippen LogP contribution >= 0.6 is 0 Å². The van der Waals surface area contributed by atoms with Gasteiger partial charge in [0.1, 0.15) is 0 Å². The van der Waals surface area contributed by atoms with Gasteiger partial charge in [0.15, 0.2) is 0 Å². The summed E-state index contributed by atoms with van der Waals surface area (Å²) in [7, 11) is 0. The zero-order chi connectivity index (χ0) is 9.95. The van der Waals surface area contributed by atoms with Gasteiger partial charge in [0.25, 0.3) is 0 Å². The molecular formula is C11H19NO. The van der Waals surface area contributed by atoms with E-state index in [1.807, 2.05) is 0 Å². The molecule has 0 aromatic rings. The lowest BCUT2D eigenvalue weighted by atomic mass is 10.0. The molecule has 0 saturated heterocycles. The predicted octanol–water partition coefficient (Wildman–Crippen LogP) is 2.89. The van der Waals surface area contributed by atoms with Gasteiger partial charge in [-0.3, -0.25) is 0 Å². The molecular weight excluding hydrogens is 162 g/mol. The van der Waals surface area contributed by atoms with E-state index in [0.717, 1.165) is 13.0 Å². The van der Waals surface area contributed by atoms with Crippen molar-refractivity contribution in [2.24, 2.45) is 5.41 Å². The maximum atomic E-state index is 8.62. The Labute approximate surface area is 80.9 Å². The van der Waals surface area contributed by atoms with Crippen LogP contribution in [0.3, 0.4) is 0 Å². The molecule has 0 heterocycles. The molecule has 0 aromatic heterocycles. The zero-order valence-corrected chi connectivity index (χ0v) is 8.89. The van der Waals surface area contributed by atoms with Crippen LogP contribution in [0.5, 0.6) is 0 Å². The summed E-state index contributed by atoms with van der Waals surface area (Å²) in [6.45, 7) is 7.11. The van der Waals surface area contributed by atoms with Crippen molar-refractivity contribution >= 4 is 0 Å². The fourth-order valence-corrected chi connectivity index (χ4v) is 1.17. The highest BCUT2D eigenvalue weighted by Gasteiger charge is 2.43. The van der Waals surface area contributed by atoms with Gasteiger partial charge in [0, 0.05) is 11.8 Å². The molecule has 0 aliphatic heterocycles. The molecule has 0 atom stereocenters. The van der Waals surface area contributed by atoms with Crippen molar-refractivity contribution in [3.05, 3.63) is 0 Å². The number of hydrogen-bond donors (Lipinski definition) is 0. The number of nitriles is 1. The van der Waals surface area contributed by atoms with E-state index in [9.17, 15) is 0 Å². The highest BCUT2D eigenvalue weighted by atomic mass is 16.5. The van der Waals surface area contributed by atoms with E-state index in [1.165, 1.54) is 12.8 Å². The number of hydrogen-bond acceptors (Lipinski definition) is 2. The summed E-state index contributed by atoms with van der Waals surface area (Å²) in [5.74, 6) is 0. The van der Waals surface area contributed by atoms with Crippen LogP contribution in [-0.4, -0.2) is 12.2 Å². The molecule has 0 bridgehead atoms. The first-order valence-electron chi connectivity index (χ1n) is 5.04. The average molecular weight is 181 g/mol. The molecule has 1 aliphatic rings. The number of nitrogens with zero attached hydrogens (tertiary/aromatic N) is 1. The Morgan fingerprint density at radius 3 is 2.46 bits per heavy atom. The molecule has 2 nitrogen and oxygen atoms in total. The van der Waals surface area contributed by atoms with Crippen LogP contribution < -0.4 is 0 Å². The summed E-state index contributed by atoms with van der Waals surface area (Å²) in [6.07, 6.45) is 4.02. The molecule has 2 heteroatoms. The topological polar surface area (TPSA) is 33.0 Å². The third-order valence-corrected chi connectivity index (χ3v) is 3.03. The SMILES string of the molecule is CCC(C)(C)OCC1(CC#N)CC1. The Balaban J connectivity index is 2.31. The standard InChI is InChI=1S/C11H19NO/c1-4-10(2,3)13-9-11(5-6-11)7-8-12/h4-7,9H2,1-3H3. The smallest absolute Gasteiger partial charge is 0.0628 e. The van der Waals surface area contributed by atoms with E-state index in [0.29, 0.717) is 6.42 Å². The van der Waals surface area contributed by atoms with Crippen LogP contribution in [-0.2, 0) is 4.74 Å². The van der Waals surface area contributed by atoms with Crippen LogP contribution in [0.2, 0.25) is 0 Å². The maximum absolute atomic E-state index is 8.62. The Morgan fingerprint density at radius 2 is 2.08 bits per heavy atom. The second-order valence-corrected chi connectivity index (χ2v) is 4.74. The first-order valence-corrected chi connectivity index (χ1v) is 5.04. The van der Waals surface area contributed by atoms with Crippen molar-refractivity contribution in [2.75, 3.05) is 6.61 Å². The molecule has 1 aliphatic carbocycles. The van der Waals surface area contributed by atoms with Crippen LogP contribution in [0.15, 0.2) is 0 Å². The van der Waals surface area contributed by atoms with Crippen molar-refractivity contribution in [1.82, 2.24) is 0 Å². The van der Waals surface area contributed by atoms with Gasteiger partial charge in [-0.15, -0.1) is 0 Å². The molecule has 0 N–H and O–H groups in total. The largest absolute Gasteiger partial charge is 0.375 e. The van der Waals surface area contributed by atoms with Gasteiger partial charge < -0.3 is 4.74 Å². The van der Waals surface area contributed by atoms with Crippen molar-refractivity contribution < 1.29 is 4.74 Å². The molecule has 0 radical (unpaired) electrons. The Kier molecular flexibility index (Phi) is 2.98. The van der Waals surface area contributed by atoms with E-state index >= 15 is 0 Å². The fraction of sp³-hybridized carbons (Fsp3) is 0.909. The molecule has 0 spiro atoms. The van der Waals surface area contributed by atoms with Crippen LogP contribution in [0.1, 0.15) is 46.5 Å². The van der Waals surface area contributed by atoms with Crippen molar-refractivity contribution in [2.45, 2.75) is 52.1 Å². The predicted molar refractivity (Wildman–Crippen MR) is 52.2 cm³/mol. The van der Waals surface area contributed by atoms with Gasteiger partial charge in [0.05, 0.1) is 18.3 Å². The van der Waals surface area contributed by atoms with E-state index in [-0.39, 0.29) is 11.0 Å². The Morgan fingerprint density at radius 1 is 1.46 bits per heavy atom. The third-order valence-electron chi connectivity index (χ3n) is 3.03. The van der Waals surface area contributed by atoms with Crippen molar-refractivity contribution in [3.63, 3.8) is 0 Å². The third kappa shape index (κ3) is 3.00.